The molecule has 0 aliphatic rings. The van der Waals surface area contributed by atoms with Crippen molar-refractivity contribution < 1.29 is 13.9 Å². The molecule has 0 atom stereocenters. The predicted octanol–water partition coefficient (Wildman–Crippen LogP) is 3.45. The highest BCUT2D eigenvalue weighted by Crippen LogP contribution is 2.21. The number of hydrogen-bond donors (Lipinski definition) is 0. The minimum absolute atomic E-state index is 0.274. The van der Waals surface area contributed by atoms with Gasteiger partial charge in [-0.2, -0.15) is 0 Å². The molecule has 0 fully saturated rings. The number of hydrogen-bond acceptors (Lipinski definition) is 3. The Kier molecular flexibility index (Phi) is 3.91. The molecule has 1 aromatic carbocycles. The fourth-order valence-electron chi connectivity index (χ4n) is 1.69. The normalized spacial score (nSPS) is 10.6. The molecular formula is C13H11BrFNO2. The van der Waals surface area contributed by atoms with Crippen LogP contribution in [0.5, 0.6) is 0 Å². The van der Waals surface area contributed by atoms with Gasteiger partial charge >= 0.3 is 5.97 Å². The Morgan fingerprint density at radius 1 is 1.50 bits per heavy atom. The average molecular weight is 312 g/mol. The van der Waals surface area contributed by atoms with E-state index in [2.05, 4.69) is 20.9 Å². The van der Waals surface area contributed by atoms with Gasteiger partial charge in [-0.25, -0.2) is 9.18 Å². The molecule has 0 aliphatic heterocycles. The van der Waals surface area contributed by atoms with Crippen molar-refractivity contribution in [3.8, 4) is 0 Å². The van der Waals surface area contributed by atoms with E-state index in [9.17, 15) is 9.18 Å². The Hall–Kier alpha value is -1.49. The van der Waals surface area contributed by atoms with E-state index in [0.717, 1.165) is 0 Å². The third-order valence-electron chi connectivity index (χ3n) is 2.51. The van der Waals surface area contributed by atoms with E-state index in [1.807, 2.05) is 0 Å². The molecule has 0 unspecified atom stereocenters. The number of aromatic nitrogens is 1. The summed E-state index contributed by atoms with van der Waals surface area (Å²) in [4.78, 5) is 16.0. The Morgan fingerprint density at radius 2 is 2.28 bits per heavy atom. The minimum atomic E-state index is -0.482. The maximum absolute atomic E-state index is 13.6. The Bertz CT molecular complexity index is 601. The molecule has 0 spiro atoms. The Morgan fingerprint density at radius 3 is 2.94 bits per heavy atom. The van der Waals surface area contributed by atoms with Crippen LogP contribution in [0.25, 0.3) is 10.9 Å². The monoisotopic (exact) mass is 311 g/mol. The number of alkyl halides is 1. The minimum Gasteiger partial charge on any atom is -0.462 e. The number of benzene rings is 1. The first kappa shape index (κ1) is 13.0. The first-order chi connectivity index (χ1) is 8.67. The second-order valence-electron chi connectivity index (χ2n) is 3.64. The van der Waals surface area contributed by atoms with E-state index in [-0.39, 0.29) is 6.61 Å². The molecule has 0 saturated carbocycles. The summed E-state index contributed by atoms with van der Waals surface area (Å²) < 4.78 is 18.6. The van der Waals surface area contributed by atoms with Crippen molar-refractivity contribution in [3.05, 3.63) is 41.3 Å². The zero-order valence-corrected chi connectivity index (χ0v) is 11.3. The molecule has 5 heteroatoms. The number of esters is 1. The van der Waals surface area contributed by atoms with Gasteiger partial charge in [0.1, 0.15) is 5.82 Å². The highest BCUT2D eigenvalue weighted by molar-refractivity contribution is 9.08. The molecule has 0 saturated heterocycles. The van der Waals surface area contributed by atoms with Crippen molar-refractivity contribution >= 4 is 32.8 Å². The number of pyridine rings is 1. The number of rotatable bonds is 3. The van der Waals surface area contributed by atoms with Gasteiger partial charge < -0.3 is 4.74 Å². The molecule has 18 heavy (non-hydrogen) atoms. The second kappa shape index (κ2) is 5.44. The summed E-state index contributed by atoms with van der Waals surface area (Å²) in [6, 6.07) is 6.13. The Labute approximate surface area is 112 Å². The summed E-state index contributed by atoms with van der Waals surface area (Å²) in [5, 5.41) is 0.735. The summed E-state index contributed by atoms with van der Waals surface area (Å²) in [6.07, 6.45) is 0. The molecule has 0 amide bonds. The molecule has 1 aromatic heterocycles. The van der Waals surface area contributed by atoms with Crippen LogP contribution < -0.4 is 0 Å². The van der Waals surface area contributed by atoms with Crippen molar-refractivity contribution in [3.63, 3.8) is 0 Å². The van der Waals surface area contributed by atoms with Gasteiger partial charge in [-0.05, 0) is 25.1 Å². The summed E-state index contributed by atoms with van der Waals surface area (Å²) >= 11 is 3.27. The fraction of sp³-hybridized carbons (Fsp3) is 0.231. The molecule has 94 valence electrons. The van der Waals surface area contributed by atoms with Gasteiger partial charge in [0, 0.05) is 10.7 Å². The van der Waals surface area contributed by atoms with E-state index in [4.69, 9.17) is 4.74 Å². The van der Waals surface area contributed by atoms with Crippen LogP contribution in [-0.4, -0.2) is 17.6 Å². The van der Waals surface area contributed by atoms with Crippen LogP contribution in [-0.2, 0) is 10.1 Å². The van der Waals surface area contributed by atoms with Crippen LogP contribution in [0.2, 0.25) is 0 Å². The van der Waals surface area contributed by atoms with Crippen molar-refractivity contribution in [2.24, 2.45) is 0 Å². The molecule has 2 aromatic rings. The summed E-state index contributed by atoms with van der Waals surface area (Å²) in [6.45, 7) is 2.00. The summed E-state index contributed by atoms with van der Waals surface area (Å²) in [7, 11) is 0. The van der Waals surface area contributed by atoms with Gasteiger partial charge in [0.25, 0.3) is 0 Å². The maximum atomic E-state index is 13.6. The van der Waals surface area contributed by atoms with E-state index in [1.54, 1.807) is 19.1 Å². The smallest absolute Gasteiger partial charge is 0.340 e. The molecular weight excluding hydrogens is 301 g/mol. The molecule has 2 rings (SSSR count). The SMILES string of the molecule is CCOC(=O)c1cc2c(F)cccc2nc1CBr. The topological polar surface area (TPSA) is 39.2 Å². The van der Waals surface area contributed by atoms with E-state index >= 15 is 0 Å². The van der Waals surface area contributed by atoms with Crippen LogP contribution in [0.15, 0.2) is 24.3 Å². The zero-order chi connectivity index (χ0) is 13.1. The summed E-state index contributed by atoms with van der Waals surface area (Å²) in [5.74, 6) is -0.878. The lowest BCUT2D eigenvalue weighted by atomic mass is 10.1. The van der Waals surface area contributed by atoms with Crippen molar-refractivity contribution in [2.75, 3.05) is 6.61 Å². The van der Waals surface area contributed by atoms with Crippen LogP contribution in [0.1, 0.15) is 23.0 Å². The average Bonchev–Trinajstić information content (AvgIpc) is 2.38. The highest BCUT2D eigenvalue weighted by atomic mass is 79.9. The molecule has 0 aliphatic carbocycles. The number of carbonyl (C=O) groups is 1. The third-order valence-corrected chi connectivity index (χ3v) is 3.04. The highest BCUT2D eigenvalue weighted by Gasteiger charge is 2.15. The number of halogens is 2. The van der Waals surface area contributed by atoms with Gasteiger partial charge in [-0.3, -0.25) is 4.98 Å². The molecule has 0 radical (unpaired) electrons. The first-order valence-electron chi connectivity index (χ1n) is 5.48. The lowest BCUT2D eigenvalue weighted by molar-refractivity contribution is 0.0525. The van der Waals surface area contributed by atoms with Gasteiger partial charge in [0.15, 0.2) is 0 Å². The maximum Gasteiger partial charge on any atom is 0.340 e. The standard InChI is InChI=1S/C13H11BrFNO2/c1-2-18-13(17)9-6-8-10(15)4-3-5-11(8)16-12(9)7-14/h3-6H,2,7H2,1H3. The molecule has 0 bridgehead atoms. The van der Waals surface area contributed by atoms with Gasteiger partial charge in [0.2, 0.25) is 0 Å². The number of carbonyl (C=O) groups excluding carboxylic acids is 1. The zero-order valence-electron chi connectivity index (χ0n) is 9.74. The number of ether oxygens (including phenoxy) is 1. The number of nitrogens with zero attached hydrogens (tertiary/aromatic N) is 1. The van der Waals surface area contributed by atoms with Gasteiger partial charge in [0.05, 0.1) is 23.4 Å². The molecule has 1 heterocycles. The molecule has 3 nitrogen and oxygen atoms in total. The van der Waals surface area contributed by atoms with E-state index < -0.39 is 11.8 Å². The molecule has 0 N–H and O–H groups in total. The van der Waals surface area contributed by atoms with Crippen molar-refractivity contribution in [1.29, 1.82) is 0 Å². The van der Waals surface area contributed by atoms with Crippen LogP contribution >= 0.6 is 15.9 Å². The van der Waals surface area contributed by atoms with Gasteiger partial charge in [-0.15, -0.1) is 0 Å². The fourth-order valence-corrected chi connectivity index (χ4v) is 2.11. The van der Waals surface area contributed by atoms with Crippen LogP contribution in [0, 0.1) is 5.82 Å². The van der Waals surface area contributed by atoms with E-state index in [1.165, 1.54) is 12.1 Å². The summed E-state index contributed by atoms with van der Waals surface area (Å²) in [5.41, 5.74) is 1.37. The third kappa shape index (κ3) is 2.36. The van der Waals surface area contributed by atoms with Gasteiger partial charge in [-0.1, -0.05) is 22.0 Å². The number of fused-ring (bicyclic) bond motifs is 1. The quantitative estimate of drug-likeness (QED) is 0.644. The lowest BCUT2D eigenvalue weighted by Crippen LogP contribution is -2.09. The predicted molar refractivity (Wildman–Crippen MR) is 70.3 cm³/mol. The van der Waals surface area contributed by atoms with Crippen LogP contribution in [0.3, 0.4) is 0 Å². The lowest BCUT2D eigenvalue weighted by Gasteiger charge is -2.08. The Balaban J connectivity index is 2.64. The van der Waals surface area contributed by atoms with Crippen LogP contribution in [0.4, 0.5) is 4.39 Å². The second-order valence-corrected chi connectivity index (χ2v) is 4.20. The van der Waals surface area contributed by atoms with Crippen molar-refractivity contribution in [1.82, 2.24) is 4.98 Å². The first-order valence-corrected chi connectivity index (χ1v) is 6.60. The largest absolute Gasteiger partial charge is 0.462 e. The van der Waals surface area contributed by atoms with Crippen molar-refractivity contribution in [2.45, 2.75) is 12.3 Å². The van der Waals surface area contributed by atoms with E-state index in [0.29, 0.717) is 27.5 Å².